The minimum atomic E-state index is -0.0737. The topological polar surface area (TPSA) is 70.0 Å². The van der Waals surface area contributed by atoms with E-state index < -0.39 is 0 Å². The summed E-state index contributed by atoms with van der Waals surface area (Å²) in [6.45, 7) is 4.48. The molecule has 1 aliphatic heterocycles. The van der Waals surface area contributed by atoms with Crippen LogP contribution in [0.5, 0.6) is 0 Å². The molecule has 0 radical (unpaired) electrons. The van der Waals surface area contributed by atoms with Crippen molar-refractivity contribution in [3.63, 3.8) is 0 Å². The number of nitrogens with zero attached hydrogens (tertiary/aromatic N) is 1. The van der Waals surface area contributed by atoms with Crippen LogP contribution in [0.2, 0.25) is 0 Å². The fourth-order valence-electron chi connectivity index (χ4n) is 1.04. The van der Waals surface area contributed by atoms with Gasteiger partial charge >= 0.3 is 0 Å². The van der Waals surface area contributed by atoms with Crippen molar-refractivity contribution in [3.8, 4) is 0 Å². The van der Waals surface area contributed by atoms with Crippen LogP contribution in [0.3, 0.4) is 0 Å². The van der Waals surface area contributed by atoms with Gasteiger partial charge in [-0.1, -0.05) is 0 Å². The predicted octanol–water partition coefficient (Wildman–Crippen LogP) is 0.0994. The molecule has 0 aromatic rings. The van der Waals surface area contributed by atoms with E-state index in [9.17, 15) is 4.79 Å². The summed E-state index contributed by atoms with van der Waals surface area (Å²) >= 11 is 0. The minimum absolute atomic E-state index is 0.0160. The maximum absolute atomic E-state index is 11.4. The first-order chi connectivity index (χ1) is 5.52. The van der Waals surface area contributed by atoms with Gasteiger partial charge in [-0.05, 0) is 19.9 Å². The molecule has 0 bridgehead atoms. The summed E-state index contributed by atoms with van der Waals surface area (Å²) in [4.78, 5) is 13.1. The minimum Gasteiger partial charge on any atom is -0.384 e. The maximum atomic E-state index is 11.4. The molecule has 1 amide bonds. The van der Waals surface area contributed by atoms with E-state index >= 15 is 0 Å². The molecular weight excluding hydrogens is 154 g/mol. The molecule has 1 unspecified atom stereocenters. The molecule has 0 aromatic carbocycles. The molecule has 0 spiro atoms. The van der Waals surface area contributed by atoms with Gasteiger partial charge in [-0.15, -0.1) is 0 Å². The summed E-state index contributed by atoms with van der Waals surface area (Å²) < 4.78 is 0. The van der Waals surface area contributed by atoms with Crippen LogP contribution in [0.4, 0.5) is 0 Å². The van der Waals surface area contributed by atoms with Crippen LogP contribution in [-0.4, -0.2) is 29.2 Å². The highest BCUT2D eigenvalue weighted by atomic mass is 16.2. The Morgan fingerprint density at radius 1 is 1.75 bits per heavy atom. The molecule has 0 saturated carbocycles. The Kier molecular flexibility index (Phi) is 2.17. The second kappa shape index (κ2) is 2.97. The molecule has 0 aliphatic carbocycles. The third-order valence-electron chi connectivity index (χ3n) is 1.83. The first kappa shape index (κ1) is 8.77. The van der Waals surface area contributed by atoms with Crippen LogP contribution >= 0.6 is 0 Å². The number of nitrogens with two attached hydrogens (primary N) is 1. The standard InChI is InChI=1S/C8H13N3O/c1-5(3-7(9)10)8(12)11-4-6(11)2/h3,6H,4H2,1-2H3,(H3,9,10). The summed E-state index contributed by atoms with van der Waals surface area (Å²) in [6, 6.07) is 0.354. The normalized spacial score (nSPS) is 22.3. The Balaban J connectivity index is 2.58. The molecule has 3 N–H and O–H groups in total. The highest BCUT2D eigenvalue weighted by Crippen LogP contribution is 2.18. The van der Waals surface area contributed by atoms with Crippen molar-refractivity contribution in [2.75, 3.05) is 6.54 Å². The Labute approximate surface area is 71.5 Å². The van der Waals surface area contributed by atoms with Crippen molar-refractivity contribution < 1.29 is 4.79 Å². The van der Waals surface area contributed by atoms with E-state index in [1.54, 1.807) is 11.8 Å². The molecule has 1 fully saturated rings. The Hall–Kier alpha value is -1.32. The number of hydrogen-bond donors (Lipinski definition) is 2. The third kappa shape index (κ3) is 1.84. The van der Waals surface area contributed by atoms with E-state index in [1.807, 2.05) is 6.92 Å². The molecule has 1 atom stereocenters. The van der Waals surface area contributed by atoms with Gasteiger partial charge < -0.3 is 10.6 Å². The zero-order chi connectivity index (χ0) is 9.30. The number of carbonyl (C=O) groups excluding carboxylic acids is 1. The zero-order valence-electron chi connectivity index (χ0n) is 7.29. The molecular formula is C8H13N3O. The summed E-state index contributed by atoms with van der Waals surface area (Å²) in [5, 5.41) is 6.96. The highest BCUT2D eigenvalue weighted by Gasteiger charge is 2.34. The largest absolute Gasteiger partial charge is 0.384 e. The van der Waals surface area contributed by atoms with E-state index in [-0.39, 0.29) is 11.7 Å². The van der Waals surface area contributed by atoms with E-state index in [0.29, 0.717) is 11.6 Å². The molecule has 1 rings (SSSR count). The maximum Gasteiger partial charge on any atom is 0.249 e. The SMILES string of the molecule is CC(=CC(=N)N)C(=O)N1CC1C. The third-order valence-corrected chi connectivity index (χ3v) is 1.83. The van der Waals surface area contributed by atoms with Crippen molar-refractivity contribution in [3.05, 3.63) is 11.6 Å². The van der Waals surface area contributed by atoms with Gasteiger partial charge in [0, 0.05) is 18.2 Å². The van der Waals surface area contributed by atoms with Gasteiger partial charge in [-0.3, -0.25) is 10.2 Å². The molecule has 66 valence electrons. The zero-order valence-corrected chi connectivity index (χ0v) is 7.29. The Bertz CT molecular complexity index is 257. The first-order valence-corrected chi connectivity index (χ1v) is 3.85. The molecule has 0 aromatic heterocycles. The van der Waals surface area contributed by atoms with Crippen LogP contribution < -0.4 is 5.73 Å². The average Bonchev–Trinajstić information content (AvgIpc) is 2.64. The fraction of sp³-hybridized carbons (Fsp3) is 0.500. The van der Waals surface area contributed by atoms with Crippen LogP contribution in [0.25, 0.3) is 0 Å². The molecule has 1 saturated heterocycles. The molecule has 4 nitrogen and oxygen atoms in total. The first-order valence-electron chi connectivity index (χ1n) is 3.85. The smallest absolute Gasteiger partial charge is 0.249 e. The lowest BCUT2D eigenvalue weighted by atomic mass is 10.2. The second-order valence-electron chi connectivity index (χ2n) is 3.09. The highest BCUT2D eigenvalue weighted by molar-refractivity contribution is 6.01. The molecule has 1 heterocycles. The van der Waals surface area contributed by atoms with Gasteiger partial charge in [0.25, 0.3) is 0 Å². The van der Waals surface area contributed by atoms with Gasteiger partial charge in [-0.2, -0.15) is 0 Å². The molecule has 12 heavy (non-hydrogen) atoms. The van der Waals surface area contributed by atoms with Crippen molar-refractivity contribution in [2.45, 2.75) is 19.9 Å². The lowest BCUT2D eigenvalue weighted by Crippen LogP contribution is -2.16. The number of carbonyl (C=O) groups is 1. The summed E-state index contributed by atoms with van der Waals surface area (Å²) in [6.07, 6.45) is 1.38. The summed E-state index contributed by atoms with van der Waals surface area (Å²) in [7, 11) is 0. The van der Waals surface area contributed by atoms with Crippen molar-refractivity contribution in [1.82, 2.24) is 4.90 Å². The van der Waals surface area contributed by atoms with Gasteiger partial charge in [0.2, 0.25) is 5.91 Å². The average molecular weight is 167 g/mol. The van der Waals surface area contributed by atoms with Gasteiger partial charge in [0.15, 0.2) is 0 Å². The van der Waals surface area contributed by atoms with Crippen LogP contribution in [0, 0.1) is 5.41 Å². The lowest BCUT2D eigenvalue weighted by molar-refractivity contribution is -0.122. The van der Waals surface area contributed by atoms with Crippen molar-refractivity contribution in [2.24, 2.45) is 5.73 Å². The Morgan fingerprint density at radius 3 is 2.58 bits per heavy atom. The van der Waals surface area contributed by atoms with Crippen LogP contribution in [0.1, 0.15) is 13.8 Å². The number of nitrogens with one attached hydrogen (secondary N) is 1. The van der Waals surface area contributed by atoms with E-state index in [1.165, 1.54) is 6.08 Å². The molecule has 1 aliphatic rings. The van der Waals surface area contributed by atoms with Crippen molar-refractivity contribution in [1.29, 1.82) is 5.41 Å². The van der Waals surface area contributed by atoms with Crippen LogP contribution in [0.15, 0.2) is 11.6 Å². The predicted molar refractivity (Wildman–Crippen MR) is 46.8 cm³/mol. The lowest BCUT2D eigenvalue weighted by Gasteiger charge is -2.01. The summed E-state index contributed by atoms with van der Waals surface area (Å²) in [5.41, 5.74) is 5.66. The van der Waals surface area contributed by atoms with Gasteiger partial charge in [0.05, 0.1) is 0 Å². The monoisotopic (exact) mass is 167 g/mol. The van der Waals surface area contributed by atoms with E-state index in [2.05, 4.69) is 0 Å². The number of amides is 1. The molecule has 4 heteroatoms. The van der Waals surface area contributed by atoms with Crippen molar-refractivity contribution >= 4 is 11.7 Å². The van der Waals surface area contributed by atoms with E-state index in [0.717, 1.165) is 6.54 Å². The van der Waals surface area contributed by atoms with Crippen LogP contribution in [-0.2, 0) is 4.79 Å². The second-order valence-corrected chi connectivity index (χ2v) is 3.09. The fourth-order valence-corrected chi connectivity index (χ4v) is 1.04. The number of rotatable bonds is 2. The number of hydrogen-bond acceptors (Lipinski definition) is 2. The Morgan fingerprint density at radius 2 is 2.25 bits per heavy atom. The van der Waals surface area contributed by atoms with Gasteiger partial charge in [0.1, 0.15) is 5.84 Å². The quantitative estimate of drug-likeness (QED) is 0.265. The summed E-state index contributed by atoms with van der Waals surface area (Å²) in [5.74, 6) is -0.0898. The van der Waals surface area contributed by atoms with Gasteiger partial charge in [-0.25, -0.2) is 0 Å². The van der Waals surface area contributed by atoms with E-state index in [4.69, 9.17) is 11.1 Å². The number of amidine groups is 1.